The van der Waals surface area contributed by atoms with Crippen molar-refractivity contribution in [2.75, 3.05) is 30.8 Å². The molecule has 2 amide bonds. The number of likely N-dealkylation sites (N-methyl/N-ethyl adjacent to an activating group) is 1. The highest BCUT2D eigenvalue weighted by atomic mass is 79.9. The molecular weight excluding hydrogens is 498 g/mol. The second kappa shape index (κ2) is 11.3. The number of anilines is 1. The summed E-state index contributed by atoms with van der Waals surface area (Å²) in [5.41, 5.74) is 1.06. The molecule has 32 heavy (non-hydrogen) atoms. The highest BCUT2D eigenvalue weighted by Gasteiger charge is 2.30. The van der Waals surface area contributed by atoms with Crippen LogP contribution in [-0.2, 0) is 26.2 Å². The third-order valence-corrected chi connectivity index (χ3v) is 6.47. The molecule has 0 bridgehead atoms. The van der Waals surface area contributed by atoms with Gasteiger partial charge in [0.25, 0.3) is 0 Å². The number of nitrogens with one attached hydrogen (secondary N) is 1. The highest BCUT2D eigenvalue weighted by Crippen LogP contribution is 2.29. The van der Waals surface area contributed by atoms with Gasteiger partial charge in [0, 0.05) is 17.6 Å². The summed E-state index contributed by atoms with van der Waals surface area (Å²) in [5.74, 6) is -0.508. The van der Waals surface area contributed by atoms with Crippen LogP contribution in [0.15, 0.2) is 53.0 Å². The number of carbonyl (C=O) groups is 2. The second-order valence-corrected chi connectivity index (χ2v) is 9.98. The van der Waals surface area contributed by atoms with Crippen molar-refractivity contribution in [3.8, 4) is 5.75 Å². The molecule has 0 heterocycles. The number of halogens is 1. The molecule has 2 aromatic carbocycles. The van der Waals surface area contributed by atoms with Crippen molar-refractivity contribution in [1.82, 2.24) is 10.2 Å². The lowest BCUT2D eigenvalue weighted by Gasteiger charge is -2.31. The Bertz CT molecular complexity index is 1040. The van der Waals surface area contributed by atoms with Crippen LogP contribution in [0, 0.1) is 0 Å². The van der Waals surface area contributed by atoms with Gasteiger partial charge in [-0.1, -0.05) is 40.2 Å². The molecular formula is C22H28BrN3O5S. The molecule has 0 radical (unpaired) electrons. The van der Waals surface area contributed by atoms with Gasteiger partial charge < -0.3 is 15.0 Å². The summed E-state index contributed by atoms with van der Waals surface area (Å²) in [6.07, 6.45) is 1.03. The van der Waals surface area contributed by atoms with E-state index in [0.29, 0.717) is 12.3 Å². The van der Waals surface area contributed by atoms with Crippen LogP contribution in [0.25, 0.3) is 0 Å². The van der Waals surface area contributed by atoms with E-state index in [1.165, 1.54) is 12.0 Å². The molecule has 0 fully saturated rings. The Morgan fingerprint density at radius 3 is 2.31 bits per heavy atom. The maximum atomic E-state index is 13.4. The van der Waals surface area contributed by atoms with Gasteiger partial charge in [0.1, 0.15) is 18.3 Å². The van der Waals surface area contributed by atoms with Crippen LogP contribution in [0.2, 0.25) is 0 Å². The molecule has 0 aromatic heterocycles. The Balaban J connectivity index is 2.41. The summed E-state index contributed by atoms with van der Waals surface area (Å²) in [6.45, 7) is 3.50. The molecule has 1 atom stereocenters. The van der Waals surface area contributed by atoms with E-state index >= 15 is 0 Å². The standard InChI is InChI=1S/C22H28BrN3O5S/c1-5-24-22(28)16(2)25(14-17-10-12-18(23)13-11-17)21(27)15-26(32(4,29)30)19-8-6-7-9-20(19)31-3/h6-13,16H,5,14-15H2,1-4H3,(H,24,28). The Labute approximate surface area is 197 Å². The average molecular weight is 526 g/mol. The van der Waals surface area contributed by atoms with E-state index in [9.17, 15) is 18.0 Å². The van der Waals surface area contributed by atoms with Crippen molar-refractivity contribution in [2.24, 2.45) is 0 Å². The maximum absolute atomic E-state index is 13.4. The minimum absolute atomic E-state index is 0.147. The van der Waals surface area contributed by atoms with Gasteiger partial charge in [-0.05, 0) is 43.7 Å². The minimum atomic E-state index is -3.81. The largest absolute Gasteiger partial charge is 0.495 e. The number of benzene rings is 2. The van der Waals surface area contributed by atoms with Crippen LogP contribution in [0.3, 0.4) is 0 Å². The van der Waals surface area contributed by atoms with E-state index in [2.05, 4.69) is 21.2 Å². The molecule has 2 aromatic rings. The van der Waals surface area contributed by atoms with E-state index in [0.717, 1.165) is 20.6 Å². The van der Waals surface area contributed by atoms with Gasteiger partial charge in [0.15, 0.2) is 0 Å². The number of carbonyl (C=O) groups excluding carboxylic acids is 2. The summed E-state index contributed by atoms with van der Waals surface area (Å²) in [5, 5.41) is 2.72. The Kier molecular flexibility index (Phi) is 9.09. The zero-order chi connectivity index (χ0) is 23.9. The molecule has 0 saturated carbocycles. The summed E-state index contributed by atoms with van der Waals surface area (Å²) >= 11 is 3.38. The summed E-state index contributed by atoms with van der Waals surface area (Å²) in [7, 11) is -2.39. The van der Waals surface area contributed by atoms with E-state index in [4.69, 9.17) is 4.74 Å². The normalized spacial score (nSPS) is 12.0. The Morgan fingerprint density at radius 2 is 1.75 bits per heavy atom. The molecule has 0 saturated heterocycles. The molecule has 1 unspecified atom stereocenters. The van der Waals surface area contributed by atoms with E-state index in [1.54, 1.807) is 38.1 Å². The van der Waals surface area contributed by atoms with Crippen molar-refractivity contribution in [2.45, 2.75) is 26.4 Å². The molecule has 0 aliphatic heterocycles. The number of rotatable bonds is 10. The SMILES string of the molecule is CCNC(=O)C(C)N(Cc1ccc(Br)cc1)C(=O)CN(c1ccccc1OC)S(C)(=O)=O. The van der Waals surface area contributed by atoms with Gasteiger partial charge in [0.05, 0.1) is 19.1 Å². The predicted molar refractivity (Wildman–Crippen MR) is 128 cm³/mol. The first kappa shape index (κ1) is 25.7. The molecule has 10 heteroatoms. The highest BCUT2D eigenvalue weighted by molar-refractivity contribution is 9.10. The van der Waals surface area contributed by atoms with E-state index in [-0.39, 0.29) is 18.1 Å². The van der Waals surface area contributed by atoms with Crippen LogP contribution >= 0.6 is 15.9 Å². The van der Waals surface area contributed by atoms with E-state index < -0.39 is 28.5 Å². The quantitative estimate of drug-likeness (QED) is 0.514. The van der Waals surface area contributed by atoms with Crippen LogP contribution in [0.5, 0.6) is 5.75 Å². The Hall–Kier alpha value is -2.59. The van der Waals surface area contributed by atoms with Gasteiger partial charge in [-0.25, -0.2) is 8.42 Å². The lowest BCUT2D eigenvalue weighted by molar-refractivity contribution is -0.139. The number of hydrogen-bond donors (Lipinski definition) is 1. The first-order valence-corrected chi connectivity index (χ1v) is 12.6. The Morgan fingerprint density at radius 1 is 1.12 bits per heavy atom. The zero-order valence-electron chi connectivity index (χ0n) is 18.5. The van der Waals surface area contributed by atoms with Gasteiger partial charge in [-0.3, -0.25) is 13.9 Å². The number of sulfonamides is 1. The van der Waals surface area contributed by atoms with Crippen LogP contribution in [0.1, 0.15) is 19.4 Å². The molecule has 8 nitrogen and oxygen atoms in total. The number of ether oxygens (including phenoxy) is 1. The zero-order valence-corrected chi connectivity index (χ0v) is 20.9. The van der Waals surface area contributed by atoms with Crippen molar-refractivity contribution in [3.63, 3.8) is 0 Å². The second-order valence-electron chi connectivity index (χ2n) is 7.16. The van der Waals surface area contributed by atoms with Crippen molar-refractivity contribution < 1.29 is 22.7 Å². The smallest absolute Gasteiger partial charge is 0.244 e. The van der Waals surface area contributed by atoms with Crippen LogP contribution < -0.4 is 14.4 Å². The van der Waals surface area contributed by atoms with Crippen molar-refractivity contribution in [1.29, 1.82) is 0 Å². The molecule has 0 aliphatic rings. The first-order chi connectivity index (χ1) is 15.1. The minimum Gasteiger partial charge on any atom is -0.495 e. The molecule has 1 N–H and O–H groups in total. The van der Waals surface area contributed by atoms with Crippen molar-refractivity contribution in [3.05, 3.63) is 58.6 Å². The van der Waals surface area contributed by atoms with Gasteiger partial charge >= 0.3 is 0 Å². The predicted octanol–water partition coefficient (Wildman–Crippen LogP) is 2.78. The monoisotopic (exact) mass is 525 g/mol. The summed E-state index contributed by atoms with van der Waals surface area (Å²) < 4.78 is 32.3. The number of nitrogens with zero attached hydrogens (tertiary/aromatic N) is 2. The molecule has 0 spiro atoms. The number of para-hydroxylation sites is 2. The van der Waals surface area contributed by atoms with Crippen LogP contribution in [0.4, 0.5) is 5.69 Å². The number of hydrogen-bond acceptors (Lipinski definition) is 5. The number of amides is 2. The lowest BCUT2D eigenvalue weighted by atomic mass is 10.1. The third-order valence-electron chi connectivity index (χ3n) is 4.82. The molecule has 2 rings (SSSR count). The summed E-state index contributed by atoms with van der Waals surface area (Å²) in [4.78, 5) is 27.3. The van der Waals surface area contributed by atoms with Gasteiger partial charge in [-0.15, -0.1) is 0 Å². The maximum Gasteiger partial charge on any atom is 0.244 e. The first-order valence-electron chi connectivity index (χ1n) is 10.0. The summed E-state index contributed by atoms with van der Waals surface area (Å²) in [6, 6.07) is 13.1. The molecule has 174 valence electrons. The fourth-order valence-electron chi connectivity index (χ4n) is 3.12. The third kappa shape index (κ3) is 6.70. The van der Waals surface area contributed by atoms with Gasteiger partial charge in [0.2, 0.25) is 21.8 Å². The average Bonchev–Trinajstić information content (AvgIpc) is 2.75. The van der Waals surface area contributed by atoms with E-state index in [1.807, 2.05) is 24.3 Å². The lowest BCUT2D eigenvalue weighted by Crippen LogP contribution is -2.51. The van der Waals surface area contributed by atoms with Crippen molar-refractivity contribution >= 4 is 43.5 Å². The fraction of sp³-hybridized carbons (Fsp3) is 0.364. The fourth-order valence-corrected chi connectivity index (χ4v) is 4.24. The van der Waals surface area contributed by atoms with Crippen LogP contribution in [-0.4, -0.2) is 57.6 Å². The van der Waals surface area contributed by atoms with Gasteiger partial charge in [-0.2, -0.15) is 0 Å². The number of methoxy groups -OCH3 is 1. The molecule has 0 aliphatic carbocycles. The topological polar surface area (TPSA) is 96.0 Å².